The number of amides is 1. The Morgan fingerprint density at radius 1 is 1.65 bits per heavy atom. The van der Waals surface area contributed by atoms with E-state index in [-0.39, 0.29) is 11.6 Å². The first kappa shape index (κ1) is 11.8. The zero-order valence-corrected chi connectivity index (χ0v) is 9.99. The highest BCUT2D eigenvalue weighted by Crippen LogP contribution is 2.08. The van der Waals surface area contributed by atoms with Crippen molar-refractivity contribution >= 4 is 15.7 Å². The molecule has 92 valence electrons. The van der Waals surface area contributed by atoms with Crippen molar-refractivity contribution in [2.24, 2.45) is 0 Å². The number of hydrogen-bond acceptors (Lipinski definition) is 5. The van der Waals surface area contributed by atoms with Crippen molar-refractivity contribution in [2.75, 3.05) is 5.75 Å². The molecule has 2 N–H and O–H groups in total. The molecule has 1 aliphatic heterocycles. The van der Waals surface area contributed by atoms with E-state index in [1.54, 1.807) is 0 Å². The normalized spacial score (nSPS) is 21.6. The summed E-state index contributed by atoms with van der Waals surface area (Å²) in [6, 6.07) is -0.504. The minimum Gasteiger partial charge on any atom is -0.342 e. The molecule has 2 rings (SSSR count). The third kappa shape index (κ3) is 2.70. The van der Waals surface area contributed by atoms with E-state index in [4.69, 9.17) is 0 Å². The minimum atomic E-state index is -3.17. The Morgan fingerprint density at radius 3 is 2.94 bits per heavy atom. The molecule has 0 spiro atoms. The lowest BCUT2D eigenvalue weighted by Crippen LogP contribution is -2.36. The van der Waals surface area contributed by atoms with Crippen molar-refractivity contribution in [2.45, 2.75) is 19.4 Å². The molecule has 1 aromatic heterocycles. The topological polar surface area (TPSA) is 105 Å². The fourth-order valence-corrected chi connectivity index (χ4v) is 2.69. The van der Waals surface area contributed by atoms with Gasteiger partial charge in [0.05, 0.1) is 11.8 Å². The average Bonchev–Trinajstić information content (AvgIpc) is 2.85. The van der Waals surface area contributed by atoms with Crippen molar-refractivity contribution in [1.82, 2.24) is 20.5 Å². The van der Waals surface area contributed by atoms with Gasteiger partial charge in [0, 0.05) is 11.8 Å². The molecule has 0 radical (unpaired) electrons. The van der Waals surface area contributed by atoms with Gasteiger partial charge < -0.3 is 5.32 Å². The number of aryl methyl sites for hydroxylation is 1. The SMILES string of the molecule is CCc1nc(C(=O)NC2C=CS(=O)(=O)C2)n[nH]1. The molecular weight excluding hydrogens is 244 g/mol. The van der Waals surface area contributed by atoms with Crippen LogP contribution in [0, 0.1) is 0 Å². The van der Waals surface area contributed by atoms with E-state index in [1.807, 2.05) is 6.92 Å². The van der Waals surface area contributed by atoms with Crippen molar-refractivity contribution in [1.29, 1.82) is 0 Å². The molecule has 2 heterocycles. The minimum absolute atomic E-state index is 0.0274. The van der Waals surface area contributed by atoms with Gasteiger partial charge in [-0.3, -0.25) is 9.89 Å². The Hall–Kier alpha value is -1.70. The second-order valence-corrected chi connectivity index (χ2v) is 5.63. The summed E-state index contributed by atoms with van der Waals surface area (Å²) in [6.07, 6.45) is 2.10. The Morgan fingerprint density at radius 2 is 2.41 bits per heavy atom. The number of hydrogen-bond donors (Lipinski definition) is 2. The van der Waals surface area contributed by atoms with Gasteiger partial charge in [0.1, 0.15) is 5.82 Å². The molecule has 0 saturated heterocycles. The Labute approximate surface area is 98.2 Å². The van der Waals surface area contributed by atoms with Crippen LogP contribution in [0.4, 0.5) is 0 Å². The lowest BCUT2D eigenvalue weighted by atomic mass is 10.3. The van der Waals surface area contributed by atoms with Crippen LogP contribution in [-0.4, -0.2) is 41.3 Å². The van der Waals surface area contributed by atoms with E-state index >= 15 is 0 Å². The molecule has 0 bridgehead atoms. The van der Waals surface area contributed by atoms with Gasteiger partial charge in [0.15, 0.2) is 9.84 Å². The van der Waals surface area contributed by atoms with Gasteiger partial charge in [0.2, 0.25) is 5.82 Å². The fourth-order valence-electron chi connectivity index (χ4n) is 1.45. The maximum absolute atomic E-state index is 11.7. The summed E-state index contributed by atoms with van der Waals surface area (Å²) < 4.78 is 22.3. The zero-order chi connectivity index (χ0) is 12.5. The van der Waals surface area contributed by atoms with Crippen LogP contribution >= 0.6 is 0 Å². The lowest BCUT2D eigenvalue weighted by molar-refractivity contribution is 0.0937. The van der Waals surface area contributed by atoms with E-state index in [0.29, 0.717) is 12.2 Å². The summed E-state index contributed by atoms with van der Waals surface area (Å²) in [5.74, 6) is 0.0565. The highest BCUT2D eigenvalue weighted by Gasteiger charge is 2.24. The van der Waals surface area contributed by atoms with Crippen LogP contribution < -0.4 is 5.32 Å². The van der Waals surface area contributed by atoms with Crippen molar-refractivity contribution in [3.05, 3.63) is 23.1 Å². The standard InChI is InChI=1S/C9H12N4O3S/c1-2-7-11-8(13-12-7)9(14)10-6-3-4-17(15,16)5-6/h3-4,6H,2,5H2,1H3,(H,10,14)(H,11,12,13). The number of nitrogens with one attached hydrogen (secondary N) is 2. The average molecular weight is 256 g/mol. The highest BCUT2D eigenvalue weighted by atomic mass is 32.2. The van der Waals surface area contributed by atoms with E-state index in [1.165, 1.54) is 6.08 Å². The summed E-state index contributed by atoms with van der Waals surface area (Å²) >= 11 is 0. The summed E-state index contributed by atoms with van der Waals surface area (Å²) in [6.45, 7) is 1.88. The molecule has 8 heteroatoms. The first-order chi connectivity index (χ1) is 8.00. The number of H-pyrrole nitrogens is 1. The van der Waals surface area contributed by atoms with Gasteiger partial charge in [0.25, 0.3) is 5.91 Å². The van der Waals surface area contributed by atoms with Crippen molar-refractivity contribution < 1.29 is 13.2 Å². The fraction of sp³-hybridized carbons (Fsp3) is 0.444. The second-order valence-electron chi connectivity index (χ2n) is 3.70. The van der Waals surface area contributed by atoms with E-state index in [0.717, 1.165) is 5.41 Å². The van der Waals surface area contributed by atoms with E-state index in [2.05, 4.69) is 20.5 Å². The van der Waals surface area contributed by atoms with Gasteiger partial charge in [-0.25, -0.2) is 13.4 Å². The van der Waals surface area contributed by atoms with Gasteiger partial charge >= 0.3 is 0 Å². The molecule has 1 unspecified atom stereocenters. The second kappa shape index (κ2) is 4.28. The largest absolute Gasteiger partial charge is 0.342 e. The third-order valence-electron chi connectivity index (χ3n) is 2.32. The molecule has 1 amide bonds. The first-order valence-corrected chi connectivity index (χ1v) is 6.85. The molecular formula is C9H12N4O3S. The van der Waals surface area contributed by atoms with Gasteiger partial charge in [-0.05, 0) is 6.08 Å². The molecule has 0 fully saturated rings. The summed E-state index contributed by atoms with van der Waals surface area (Å²) in [5.41, 5.74) is 0. The number of aromatic amines is 1. The Bertz CT molecular complexity index is 561. The van der Waals surface area contributed by atoms with Gasteiger partial charge in [-0.15, -0.1) is 5.10 Å². The van der Waals surface area contributed by atoms with Crippen molar-refractivity contribution in [3.63, 3.8) is 0 Å². The number of aromatic nitrogens is 3. The molecule has 0 saturated carbocycles. The third-order valence-corrected chi connectivity index (χ3v) is 3.71. The first-order valence-electron chi connectivity index (χ1n) is 5.13. The molecule has 7 nitrogen and oxygen atoms in total. The van der Waals surface area contributed by atoms with Crippen LogP contribution in [0.25, 0.3) is 0 Å². The highest BCUT2D eigenvalue weighted by molar-refractivity contribution is 7.94. The van der Waals surface area contributed by atoms with Crippen molar-refractivity contribution in [3.8, 4) is 0 Å². The quantitative estimate of drug-likeness (QED) is 0.752. The van der Waals surface area contributed by atoms with Crippen LogP contribution in [0.2, 0.25) is 0 Å². The van der Waals surface area contributed by atoms with Crippen LogP contribution in [0.3, 0.4) is 0 Å². The maximum Gasteiger partial charge on any atom is 0.291 e. The Balaban J connectivity index is 2.01. The monoisotopic (exact) mass is 256 g/mol. The van der Waals surface area contributed by atoms with Crippen LogP contribution in [-0.2, 0) is 16.3 Å². The smallest absolute Gasteiger partial charge is 0.291 e. The summed E-state index contributed by atoms with van der Waals surface area (Å²) in [4.78, 5) is 15.6. The molecule has 1 aliphatic rings. The summed E-state index contributed by atoms with van der Waals surface area (Å²) in [7, 11) is -3.17. The number of carbonyl (C=O) groups excluding carboxylic acids is 1. The predicted octanol–water partition coefficient (Wildman–Crippen LogP) is -0.592. The van der Waals surface area contributed by atoms with Gasteiger partial charge in [-0.1, -0.05) is 6.92 Å². The van der Waals surface area contributed by atoms with E-state index in [9.17, 15) is 13.2 Å². The number of carbonyl (C=O) groups is 1. The molecule has 1 aromatic rings. The van der Waals surface area contributed by atoms with E-state index < -0.39 is 21.8 Å². The van der Waals surface area contributed by atoms with Crippen LogP contribution in [0.15, 0.2) is 11.5 Å². The summed E-state index contributed by atoms with van der Waals surface area (Å²) in [5, 5.41) is 10.0. The van der Waals surface area contributed by atoms with Crippen LogP contribution in [0.1, 0.15) is 23.4 Å². The predicted molar refractivity (Wildman–Crippen MR) is 59.9 cm³/mol. The molecule has 0 aliphatic carbocycles. The molecule has 17 heavy (non-hydrogen) atoms. The number of nitrogens with zero attached hydrogens (tertiary/aromatic N) is 2. The van der Waals surface area contributed by atoms with Gasteiger partial charge in [-0.2, -0.15) is 0 Å². The zero-order valence-electron chi connectivity index (χ0n) is 9.17. The lowest BCUT2D eigenvalue weighted by Gasteiger charge is -2.06. The molecule has 0 aromatic carbocycles. The van der Waals surface area contributed by atoms with Crippen LogP contribution in [0.5, 0.6) is 0 Å². The number of sulfone groups is 1. The Kier molecular flexibility index (Phi) is 2.97. The molecule has 1 atom stereocenters. The maximum atomic E-state index is 11.7. The number of rotatable bonds is 3.